The molecule has 2 aliphatic carbocycles. The molecule has 0 spiro atoms. The summed E-state index contributed by atoms with van der Waals surface area (Å²) in [6, 6.07) is 14.3. The van der Waals surface area contributed by atoms with Crippen LogP contribution in [0.15, 0.2) is 46.9 Å². The van der Waals surface area contributed by atoms with Crippen molar-refractivity contribution in [2.45, 2.75) is 58.0 Å². The first-order valence-electron chi connectivity index (χ1n) is 10.8. The number of carbonyl (C=O) groups is 2. The number of benzene rings is 1. The Bertz CT molecular complexity index is 837. The average molecular weight is 395 g/mol. The number of furan rings is 1. The molecule has 0 unspecified atom stereocenters. The fourth-order valence-electron chi connectivity index (χ4n) is 3.87. The zero-order valence-corrected chi connectivity index (χ0v) is 17.2. The normalized spacial score (nSPS) is 16.3. The van der Waals surface area contributed by atoms with Gasteiger partial charge in [-0.25, -0.2) is 0 Å². The Balaban J connectivity index is 1.44. The fraction of sp³-hybridized carbons (Fsp3) is 0.500. The van der Waals surface area contributed by atoms with E-state index in [0.717, 1.165) is 50.0 Å². The van der Waals surface area contributed by atoms with Crippen LogP contribution in [0.2, 0.25) is 0 Å². The van der Waals surface area contributed by atoms with Gasteiger partial charge in [-0.2, -0.15) is 0 Å². The maximum absolute atomic E-state index is 13.2. The van der Waals surface area contributed by atoms with Crippen molar-refractivity contribution in [2.24, 2.45) is 5.92 Å². The molecule has 0 aliphatic heterocycles. The van der Waals surface area contributed by atoms with Crippen molar-refractivity contribution < 1.29 is 14.0 Å². The summed E-state index contributed by atoms with van der Waals surface area (Å²) in [5, 5.41) is 0. The molecule has 0 radical (unpaired) electrons. The first-order chi connectivity index (χ1) is 14.1. The summed E-state index contributed by atoms with van der Waals surface area (Å²) in [5.41, 5.74) is 1.20. The van der Waals surface area contributed by atoms with E-state index in [4.69, 9.17) is 4.42 Å². The summed E-state index contributed by atoms with van der Waals surface area (Å²) in [5.74, 6) is 1.95. The Kier molecular flexibility index (Phi) is 6.02. The Morgan fingerprint density at radius 2 is 1.79 bits per heavy atom. The highest BCUT2D eigenvalue weighted by atomic mass is 16.3. The molecular formula is C24H30N2O3. The van der Waals surface area contributed by atoms with Gasteiger partial charge in [0.15, 0.2) is 0 Å². The summed E-state index contributed by atoms with van der Waals surface area (Å²) in [6.07, 6.45) is 5.90. The van der Waals surface area contributed by atoms with Crippen LogP contribution in [0.3, 0.4) is 0 Å². The third-order valence-corrected chi connectivity index (χ3v) is 6.04. The Labute approximate surface area is 172 Å². The highest BCUT2D eigenvalue weighted by Crippen LogP contribution is 2.34. The van der Waals surface area contributed by atoms with Crippen LogP contribution >= 0.6 is 0 Å². The molecule has 0 saturated heterocycles. The van der Waals surface area contributed by atoms with Gasteiger partial charge in [-0.05, 0) is 56.7 Å². The number of hydrogen-bond acceptors (Lipinski definition) is 3. The maximum Gasteiger partial charge on any atom is 0.242 e. The van der Waals surface area contributed by atoms with Gasteiger partial charge in [0, 0.05) is 18.5 Å². The average Bonchev–Trinajstić information content (AvgIpc) is 3.43. The number of carbonyl (C=O) groups excluding carboxylic acids is 2. The number of aryl methyl sites for hydroxylation is 1. The van der Waals surface area contributed by atoms with Gasteiger partial charge < -0.3 is 14.2 Å². The first kappa shape index (κ1) is 19.7. The molecule has 1 heterocycles. The molecule has 5 heteroatoms. The van der Waals surface area contributed by atoms with Gasteiger partial charge in [0.1, 0.15) is 18.1 Å². The van der Waals surface area contributed by atoms with Crippen LogP contribution in [0, 0.1) is 12.8 Å². The minimum atomic E-state index is 0.00885. The summed E-state index contributed by atoms with van der Waals surface area (Å²) in [4.78, 5) is 29.8. The number of rotatable bonds is 9. The van der Waals surface area contributed by atoms with Crippen LogP contribution in [0.4, 0.5) is 0 Å². The van der Waals surface area contributed by atoms with Crippen molar-refractivity contribution in [3.63, 3.8) is 0 Å². The van der Waals surface area contributed by atoms with Crippen LogP contribution in [-0.2, 0) is 22.6 Å². The lowest BCUT2D eigenvalue weighted by Gasteiger charge is -2.33. The van der Waals surface area contributed by atoms with E-state index in [9.17, 15) is 9.59 Å². The Morgan fingerprint density at radius 1 is 1.03 bits per heavy atom. The van der Waals surface area contributed by atoms with E-state index in [2.05, 4.69) is 12.1 Å². The molecule has 1 aromatic heterocycles. The van der Waals surface area contributed by atoms with Crippen molar-refractivity contribution in [2.75, 3.05) is 13.1 Å². The van der Waals surface area contributed by atoms with Gasteiger partial charge in [-0.3, -0.25) is 9.59 Å². The van der Waals surface area contributed by atoms with E-state index >= 15 is 0 Å². The van der Waals surface area contributed by atoms with Crippen LogP contribution < -0.4 is 0 Å². The van der Waals surface area contributed by atoms with E-state index in [1.54, 1.807) is 0 Å². The standard InChI is InChI=1S/C24H30N2O3/c1-18-10-13-22(29-18)16-25(15-14-19-6-3-2-4-7-19)23(27)17-26(21-11-12-21)24(28)20-8-5-9-20/h2-4,6-7,10,13,20-21H,5,8-9,11-12,14-17H2,1H3. The van der Waals surface area contributed by atoms with E-state index in [-0.39, 0.29) is 30.3 Å². The van der Waals surface area contributed by atoms with E-state index in [0.29, 0.717) is 13.1 Å². The minimum absolute atomic E-state index is 0.00885. The molecule has 2 saturated carbocycles. The second kappa shape index (κ2) is 8.85. The summed E-state index contributed by atoms with van der Waals surface area (Å²) < 4.78 is 5.72. The molecule has 2 fully saturated rings. The minimum Gasteiger partial charge on any atom is -0.464 e. The predicted octanol–water partition coefficient (Wildman–Crippen LogP) is 3.95. The molecule has 0 atom stereocenters. The third-order valence-electron chi connectivity index (χ3n) is 6.04. The molecule has 4 rings (SSSR count). The van der Waals surface area contributed by atoms with Crippen molar-refractivity contribution >= 4 is 11.8 Å². The quantitative estimate of drug-likeness (QED) is 0.647. The molecule has 2 aliphatic rings. The van der Waals surface area contributed by atoms with Crippen molar-refractivity contribution in [1.82, 2.24) is 9.80 Å². The lowest BCUT2D eigenvalue weighted by Crippen LogP contribution is -2.47. The van der Waals surface area contributed by atoms with E-state index in [1.165, 1.54) is 5.56 Å². The zero-order chi connectivity index (χ0) is 20.2. The molecular weight excluding hydrogens is 364 g/mol. The summed E-state index contributed by atoms with van der Waals surface area (Å²) >= 11 is 0. The van der Waals surface area contributed by atoms with Gasteiger partial charge in [-0.1, -0.05) is 36.8 Å². The van der Waals surface area contributed by atoms with Crippen molar-refractivity contribution in [3.05, 3.63) is 59.5 Å². The molecule has 5 nitrogen and oxygen atoms in total. The van der Waals surface area contributed by atoms with Crippen LogP contribution in [0.5, 0.6) is 0 Å². The smallest absolute Gasteiger partial charge is 0.242 e. The van der Waals surface area contributed by atoms with Gasteiger partial charge >= 0.3 is 0 Å². The number of hydrogen-bond donors (Lipinski definition) is 0. The van der Waals surface area contributed by atoms with Crippen LogP contribution in [0.1, 0.15) is 49.2 Å². The predicted molar refractivity (Wildman–Crippen MR) is 111 cm³/mol. The first-order valence-corrected chi connectivity index (χ1v) is 10.8. The maximum atomic E-state index is 13.2. The monoisotopic (exact) mass is 394 g/mol. The fourth-order valence-corrected chi connectivity index (χ4v) is 3.87. The molecule has 29 heavy (non-hydrogen) atoms. The third kappa shape index (κ3) is 5.08. The van der Waals surface area contributed by atoms with E-state index < -0.39 is 0 Å². The largest absolute Gasteiger partial charge is 0.464 e. The zero-order valence-electron chi connectivity index (χ0n) is 17.2. The van der Waals surface area contributed by atoms with Gasteiger partial charge in [0.2, 0.25) is 11.8 Å². The van der Waals surface area contributed by atoms with Gasteiger partial charge in [-0.15, -0.1) is 0 Å². The summed E-state index contributed by atoms with van der Waals surface area (Å²) in [7, 11) is 0. The second-order valence-corrected chi connectivity index (χ2v) is 8.39. The number of amides is 2. The Morgan fingerprint density at radius 3 is 2.38 bits per heavy atom. The highest BCUT2D eigenvalue weighted by Gasteiger charge is 2.39. The van der Waals surface area contributed by atoms with Crippen LogP contribution in [-0.4, -0.2) is 40.7 Å². The van der Waals surface area contributed by atoms with Crippen molar-refractivity contribution in [3.8, 4) is 0 Å². The molecule has 0 N–H and O–H groups in total. The molecule has 1 aromatic carbocycles. The summed E-state index contributed by atoms with van der Waals surface area (Å²) in [6.45, 7) is 3.15. The SMILES string of the molecule is Cc1ccc(CN(CCc2ccccc2)C(=O)CN(C(=O)C2CCC2)C2CC2)o1. The second-order valence-electron chi connectivity index (χ2n) is 8.39. The van der Waals surface area contributed by atoms with Gasteiger partial charge in [0.05, 0.1) is 6.54 Å². The van der Waals surface area contributed by atoms with E-state index in [1.807, 2.05) is 47.1 Å². The topological polar surface area (TPSA) is 53.8 Å². The van der Waals surface area contributed by atoms with Crippen LogP contribution in [0.25, 0.3) is 0 Å². The number of nitrogens with zero attached hydrogens (tertiary/aromatic N) is 2. The molecule has 154 valence electrons. The molecule has 0 bridgehead atoms. The van der Waals surface area contributed by atoms with Crippen molar-refractivity contribution in [1.29, 1.82) is 0 Å². The van der Waals surface area contributed by atoms with Gasteiger partial charge in [0.25, 0.3) is 0 Å². The molecule has 2 amide bonds. The molecule has 2 aromatic rings. The Hall–Kier alpha value is -2.56. The lowest BCUT2D eigenvalue weighted by molar-refractivity contribution is -0.145. The lowest BCUT2D eigenvalue weighted by atomic mass is 9.84. The highest BCUT2D eigenvalue weighted by molar-refractivity contribution is 5.86.